The van der Waals surface area contributed by atoms with Crippen LogP contribution in [0.1, 0.15) is 29.3 Å². The lowest BCUT2D eigenvalue weighted by Gasteiger charge is -2.32. The molecular formula is C21H25N3O. The zero-order valence-corrected chi connectivity index (χ0v) is 14.6. The highest BCUT2D eigenvalue weighted by Gasteiger charge is 2.23. The molecule has 0 aliphatic carbocycles. The van der Waals surface area contributed by atoms with Crippen molar-refractivity contribution in [2.45, 2.75) is 19.0 Å². The third-order valence-electron chi connectivity index (χ3n) is 4.49. The van der Waals surface area contributed by atoms with Gasteiger partial charge in [-0.05, 0) is 23.6 Å². The van der Waals surface area contributed by atoms with Crippen LogP contribution in [0.15, 0.2) is 72.9 Å². The molecule has 0 unspecified atom stereocenters. The van der Waals surface area contributed by atoms with Gasteiger partial charge in [-0.3, -0.25) is 9.58 Å². The molecule has 2 aromatic carbocycles. The Morgan fingerprint density at radius 1 is 0.960 bits per heavy atom. The summed E-state index contributed by atoms with van der Waals surface area (Å²) >= 11 is 0. The van der Waals surface area contributed by atoms with Gasteiger partial charge < -0.3 is 5.11 Å². The number of nitrogens with zero attached hydrogens (tertiary/aromatic N) is 3. The number of aliphatic hydroxyl groups excluding tert-OH is 1. The summed E-state index contributed by atoms with van der Waals surface area (Å²) in [4.78, 5) is 2.41. The van der Waals surface area contributed by atoms with E-state index in [4.69, 9.17) is 0 Å². The van der Waals surface area contributed by atoms with E-state index in [9.17, 15) is 5.11 Å². The monoisotopic (exact) mass is 335 g/mol. The van der Waals surface area contributed by atoms with Gasteiger partial charge in [-0.1, -0.05) is 60.7 Å². The van der Waals surface area contributed by atoms with Gasteiger partial charge in [-0.25, -0.2) is 0 Å². The van der Waals surface area contributed by atoms with Crippen molar-refractivity contribution < 1.29 is 5.11 Å². The first-order chi connectivity index (χ1) is 12.3. The molecule has 0 spiro atoms. The number of aliphatic hydroxyl groups is 1. The van der Waals surface area contributed by atoms with Gasteiger partial charge in [-0.15, -0.1) is 0 Å². The Hall–Kier alpha value is -2.43. The minimum absolute atomic E-state index is 0.142. The predicted molar refractivity (Wildman–Crippen MR) is 100 cm³/mol. The highest BCUT2D eigenvalue weighted by molar-refractivity contribution is 5.32. The summed E-state index contributed by atoms with van der Waals surface area (Å²) < 4.78 is 1.92. The Labute approximate surface area is 149 Å². The number of aromatic nitrogens is 2. The van der Waals surface area contributed by atoms with E-state index in [1.165, 1.54) is 11.1 Å². The van der Waals surface area contributed by atoms with Crippen LogP contribution < -0.4 is 0 Å². The first-order valence-corrected chi connectivity index (χ1v) is 8.71. The summed E-state index contributed by atoms with van der Waals surface area (Å²) in [7, 11) is 1.97. The summed E-state index contributed by atoms with van der Waals surface area (Å²) in [5.41, 5.74) is 3.68. The quantitative estimate of drug-likeness (QED) is 0.686. The van der Waals surface area contributed by atoms with Gasteiger partial charge in [-0.2, -0.15) is 5.10 Å². The maximum absolute atomic E-state index is 9.37. The van der Waals surface area contributed by atoms with E-state index < -0.39 is 0 Å². The molecule has 0 saturated heterocycles. The number of hydrogen-bond acceptors (Lipinski definition) is 3. The van der Waals surface area contributed by atoms with Gasteiger partial charge in [0.15, 0.2) is 0 Å². The average Bonchev–Trinajstić information content (AvgIpc) is 3.06. The molecule has 0 amide bonds. The van der Waals surface area contributed by atoms with Crippen LogP contribution in [0.2, 0.25) is 0 Å². The number of rotatable bonds is 8. The summed E-state index contributed by atoms with van der Waals surface area (Å²) in [6, 6.07) is 23.3. The summed E-state index contributed by atoms with van der Waals surface area (Å²) in [6.07, 6.45) is 2.58. The van der Waals surface area contributed by atoms with Gasteiger partial charge in [0.05, 0.1) is 11.7 Å². The van der Waals surface area contributed by atoms with Gasteiger partial charge in [0.2, 0.25) is 0 Å². The minimum atomic E-state index is 0.142. The van der Waals surface area contributed by atoms with E-state index in [1.54, 1.807) is 0 Å². The molecule has 0 aliphatic rings. The zero-order chi connectivity index (χ0) is 17.5. The standard InChI is InChI=1S/C21H25N3O/c1-23-20(13-14-22-23)17-24(15-8-16-25)21(18-9-4-2-5-10-18)19-11-6-3-7-12-19/h2-7,9-14,21,25H,8,15-17H2,1H3. The molecule has 0 radical (unpaired) electrons. The van der Waals surface area contributed by atoms with Crippen LogP contribution >= 0.6 is 0 Å². The molecule has 1 aromatic heterocycles. The number of hydrogen-bond donors (Lipinski definition) is 1. The lowest BCUT2D eigenvalue weighted by Crippen LogP contribution is -2.31. The van der Waals surface area contributed by atoms with Crippen molar-refractivity contribution in [1.82, 2.24) is 14.7 Å². The highest BCUT2D eigenvalue weighted by atomic mass is 16.3. The van der Waals surface area contributed by atoms with E-state index in [-0.39, 0.29) is 12.6 Å². The third-order valence-corrected chi connectivity index (χ3v) is 4.49. The van der Waals surface area contributed by atoms with E-state index in [1.807, 2.05) is 30.1 Å². The van der Waals surface area contributed by atoms with Crippen molar-refractivity contribution >= 4 is 0 Å². The number of aryl methyl sites for hydroxylation is 1. The van der Waals surface area contributed by atoms with Crippen molar-refractivity contribution in [3.8, 4) is 0 Å². The fraction of sp³-hybridized carbons (Fsp3) is 0.286. The molecule has 0 fully saturated rings. The van der Waals surface area contributed by atoms with Gasteiger partial charge >= 0.3 is 0 Å². The largest absolute Gasteiger partial charge is 0.396 e. The molecule has 1 heterocycles. The van der Waals surface area contributed by atoms with Crippen LogP contribution in [0.4, 0.5) is 0 Å². The predicted octanol–water partition coefficient (Wildman–Crippen LogP) is 3.39. The molecule has 4 heteroatoms. The molecule has 0 aliphatic heterocycles. The summed E-state index contributed by atoms with van der Waals surface area (Å²) in [5.74, 6) is 0. The fourth-order valence-corrected chi connectivity index (χ4v) is 3.22. The van der Waals surface area contributed by atoms with Crippen LogP contribution in [-0.4, -0.2) is 32.9 Å². The van der Waals surface area contributed by atoms with Crippen molar-refractivity contribution in [2.75, 3.05) is 13.2 Å². The second-order valence-corrected chi connectivity index (χ2v) is 6.22. The lowest BCUT2D eigenvalue weighted by molar-refractivity contribution is 0.183. The SMILES string of the molecule is Cn1nccc1CN(CCCO)C(c1ccccc1)c1ccccc1. The van der Waals surface area contributed by atoms with Crippen LogP contribution in [-0.2, 0) is 13.6 Å². The van der Waals surface area contributed by atoms with Crippen LogP contribution in [0.5, 0.6) is 0 Å². The molecule has 0 bridgehead atoms. The van der Waals surface area contributed by atoms with Crippen molar-refractivity contribution in [1.29, 1.82) is 0 Å². The molecule has 0 saturated carbocycles. The van der Waals surface area contributed by atoms with Crippen molar-refractivity contribution in [2.24, 2.45) is 7.05 Å². The van der Waals surface area contributed by atoms with E-state index in [0.29, 0.717) is 0 Å². The summed E-state index contributed by atoms with van der Waals surface area (Å²) in [5, 5.41) is 13.7. The maximum Gasteiger partial charge on any atom is 0.0605 e. The van der Waals surface area contributed by atoms with Gasteiger partial charge in [0.1, 0.15) is 0 Å². The Bertz CT molecular complexity index is 716. The molecule has 130 valence electrons. The second kappa shape index (κ2) is 8.60. The van der Waals surface area contributed by atoms with Crippen LogP contribution in [0.3, 0.4) is 0 Å². The summed E-state index contributed by atoms with van der Waals surface area (Å²) in [6.45, 7) is 1.79. The van der Waals surface area contributed by atoms with E-state index in [0.717, 1.165) is 25.2 Å². The number of benzene rings is 2. The fourth-order valence-electron chi connectivity index (χ4n) is 3.22. The topological polar surface area (TPSA) is 41.3 Å². The van der Waals surface area contributed by atoms with Gasteiger partial charge in [0, 0.05) is 32.9 Å². The normalized spacial score (nSPS) is 11.4. The third kappa shape index (κ3) is 4.35. The molecule has 0 atom stereocenters. The van der Waals surface area contributed by atoms with E-state index in [2.05, 4.69) is 64.6 Å². The first kappa shape index (κ1) is 17.4. The van der Waals surface area contributed by atoms with Gasteiger partial charge in [0.25, 0.3) is 0 Å². The Balaban J connectivity index is 1.98. The first-order valence-electron chi connectivity index (χ1n) is 8.71. The smallest absolute Gasteiger partial charge is 0.0605 e. The maximum atomic E-state index is 9.37. The molecular weight excluding hydrogens is 310 g/mol. The zero-order valence-electron chi connectivity index (χ0n) is 14.6. The molecule has 1 N–H and O–H groups in total. The average molecular weight is 335 g/mol. The minimum Gasteiger partial charge on any atom is -0.396 e. The van der Waals surface area contributed by atoms with Crippen molar-refractivity contribution in [3.05, 3.63) is 89.7 Å². The van der Waals surface area contributed by atoms with Crippen LogP contribution in [0, 0.1) is 0 Å². The lowest BCUT2D eigenvalue weighted by atomic mass is 9.96. The Morgan fingerprint density at radius 2 is 1.56 bits per heavy atom. The molecule has 3 aromatic rings. The molecule has 4 nitrogen and oxygen atoms in total. The highest BCUT2D eigenvalue weighted by Crippen LogP contribution is 2.30. The second-order valence-electron chi connectivity index (χ2n) is 6.22. The Kier molecular flexibility index (Phi) is 5.99. The van der Waals surface area contributed by atoms with E-state index >= 15 is 0 Å². The Morgan fingerprint density at radius 3 is 2.04 bits per heavy atom. The van der Waals surface area contributed by atoms with Crippen molar-refractivity contribution in [3.63, 3.8) is 0 Å². The molecule has 25 heavy (non-hydrogen) atoms. The van der Waals surface area contributed by atoms with Crippen LogP contribution in [0.25, 0.3) is 0 Å². The molecule has 3 rings (SSSR count).